The SMILES string of the molecule is COc1cccc(CN2CC(COCC(N)=O)C(c3ccccn3)C2)c1. The molecule has 6 nitrogen and oxygen atoms in total. The first-order valence-electron chi connectivity index (χ1n) is 8.78. The first kappa shape index (κ1) is 18.4. The zero-order valence-corrected chi connectivity index (χ0v) is 15.0. The van der Waals surface area contributed by atoms with Gasteiger partial charge in [-0.05, 0) is 29.8 Å². The molecule has 0 radical (unpaired) electrons. The van der Waals surface area contributed by atoms with Crippen molar-refractivity contribution in [3.05, 3.63) is 59.9 Å². The molecule has 2 aromatic rings. The number of primary amides is 1. The van der Waals surface area contributed by atoms with Crippen LogP contribution in [-0.4, -0.2) is 49.2 Å². The largest absolute Gasteiger partial charge is 0.497 e. The van der Waals surface area contributed by atoms with E-state index < -0.39 is 5.91 Å². The molecule has 26 heavy (non-hydrogen) atoms. The molecule has 2 unspecified atom stereocenters. The second kappa shape index (κ2) is 8.78. The molecule has 6 heteroatoms. The Balaban J connectivity index is 1.69. The Kier molecular flexibility index (Phi) is 6.20. The quantitative estimate of drug-likeness (QED) is 0.781. The summed E-state index contributed by atoms with van der Waals surface area (Å²) >= 11 is 0. The predicted octanol–water partition coefficient (Wildman–Crippen LogP) is 1.81. The summed E-state index contributed by atoms with van der Waals surface area (Å²) in [5, 5.41) is 0. The Hall–Kier alpha value is -2.44. The average Bonchev–Trinajstić information content (AvgIpc) is 3.05. The summed E-state index contributed by atoms with van der Waals surface area (Å²) in [7, 11) is 1.68. The molecule has 2 N–H and O–H groups in total. The lowest BCUT2D eigenvalue weighted by Crippen LogP contribution is -2.24. The third kappa shape index (κ3) is 4.80. The summed E-state index contributed by atoms with van der Waals surface area (Å²) in [6.45, 7) is 3.09. The summed E-state index contributed by atoms with van der Waals surface area (Å²) in [6.07, 6.45) is 1.82. The van der Waals surface area contributed by atoms with Gasteiger partial charge >= 0.3 is 0 Å². The maximum atomic E-state index is 11.0. The van der Waals surface area contributed by atoms with E-state index in [1.54, 1.807) is 7.11 Å². The number of methoxy groups -OCH3 is 1. The van der Waals surface area contributed by atoms with Gasteiger partial charge in [0, 0.05) is 43.4 Å². The monoisotopic (exact) mass is 355 g/mol. The number of nitrogens with two attached hydrogens (primary N) is 1. The van der Waals surface area contributed by atoms with E-state index in [2.05, 4.69) is 28.1 Å². The van der Waals surface area contributed by atoms with Gasteiger partial charge in [-0.3, -0.25) is 14.7 Å². The van der Waals surface area contributed by atoms with Crippen molar-refractivity contribution in [3.63, 3.8) is 0 Å². The fourth-order valence-corrected chi connectivity index (χ4v) is 3.53. The van der Waals surface area contributed by atoms with E-state index in [4.69, 9.17) is 15.2 Å². The smallest absolute Gasteiger partial charge is 0.243 e. The molecule has 1 amide bonds. The summed E-state index contributed by atoms with van der Waals surface area (Å²) in [5.74, 6) is 0.972. The summed E-state index contributed by atoms with van der Waals surface area (Å²) in [4.78, 5) is 17.9. The third-order valence-electron chi connectivity index (χ3n) is 4.70. The lowest BCUT2D eigenvalue weighted by molar-refractivity contribution is -0.122. The van der Waals surface area contributed by atoms with Crippen LogP contribution < -0.4 is 10.5 Å². The lowest BCUT2D eigenvalue weighted by atomic mass is 9.93. The molecular weight excluding hydrogens is 330 g/mol. The third-order valence-corrected chi connectivity index (χ3v) is 4.70. The first-order chi connectivity index (χ1) is 12.7. The molecule has 2 atom stereocenters. The maximum Gasteiger partial charge on any atom is 0.243 e. The van der Waals surface area contributed by atoms with Gasteiger partial charge in [-0.2, -0.15) is 0 Å². The highest BCUT2D eigenvalue weighted by molar-refractivity contribution is 5.74. The van der Waals surface area contributed by atoms with Crippen molar-refractivity contribution in [2.45, 2.75) is 12.5 Å². The van der Waals surface area contributed by atoms with Crippen LogP contribution >= 0.6 is 0 Å². The van der Waals surface area contributed by atoms with Crippen LogP contribution in [0.1, 0.15) is 17.2 Å². The number of benzene rings is 1. The molecule has 1 saturated heterocycles. The normalized spacial score (nSPS) is 20.2. The minimum absolute atomic E-state index is 0.0404. The highest BCUT2D eigenvalue weighted by Gasteiger charge is 2.34. The van der Waals surface area contributed by atoms with Gasteiger partial charge in [-0.15, -0.1) is 0 Å². The highest BCUT2D eigenvalue weighted by atomic mass is 16.5. The number of hydrogen-bond acceptors (Lipinski definition) is 5. The van der Waals surface area contributed by atoms with Crippen molar-refractivity contribution in [2.24, 2.45) is 11.7 Å². The molecule has 0 saturated carbocycles. The molecule has 2 heterocycles. The van der Waals surface area contributed by atoms with Gasteiger partial charge in [0.05, 0.1) is 13.7 Å². The number of rotatable bonds is 8. The van der Waals surface area contributed by atoms with Gasteiger partial charge in [0.1, 0.15) is 12.4 Å². The van der Waals surface area contributed by atoms with Crippen LogP contribution in [0.4, 0.5) is 0 Å². The molecule has 1 aliphatic heterocycles. The van der Waals surface area contributed by atoms with Crippen molar-refractivity contribution in [1.29, 1.82) is 0 Å². The van der Waals surface area contributed by atoms with Crippen LogP contribution in [0, 0.1) is 5.92 Å². The summed E-state index contributed by atoms with van der Waals surface area (Å²) in [6, 6.07) is 14.1. The van der Waals surface area contributed by atoms with Gasteiger partial charge < -0.3 is 15.2 Å². The molecule has 0 spiro atoms. The number of nitrogens with zero attached hydrogens (tertiary/aromatic N) is 2. The number of likely N-dealkylation sites (tertiary alicyclic amines) is 1. The van der Waals surface area contributed by atoms with E-state index in [1.807, 2.05) is 30.5 Å². The van der Waals surface area contributed by atoms with Gasteiger partial charge in [0.2, 0.25) is 5.91 Å². The van der Waals surface area contributed by atoms with Gasteiger partial charge in [0.15, 0.2) is 0 Å². The van der Waals surface area contributed by atoms with Crippen LogP contribution in [0.25, 0.3) is 0 Å². The molecule has 3 rings (SSSR count). The second-order valence-corrected chi connectivity index (χ2v) is 6.65. The summed E-state index contributed by atoms with van der Waals surface area (Å²) in [5.41, 5.74) is 7.46. The Bertz CT molecular complexity index is 723. The van der Waals surface area contributed by atoms with E-state index in [1.165, 1.54) is 5.56 Å². The number of pyridine rings is 1. The standard InChI is InChI=1S/C20H25N3O3/c1-25-17-6-4-5-15(9-17)10-23-11-16(13-26-14-20(21)24)18(12-23)19-7-2-3-8-22-19/h2-9,16,18H,10-14H2,1H3,(H2,21,24). The fraction of sp³-hybridized carbons (Fsp3) is 0.400. The van der Waals surface area contributed by atoms with E-state index in [0.29, 0.717) is 6.61 Å². The predicted molar refractivity (Wildman–Crippen MR) is 98.8 cm³/mol. The Morgan fingerprint density at radius 3 is 2.88 bits per heavy atom. The van der Waals surface area contributed by atoms with E-state index in [-0.39, 0.29) is 18.4 Å². The van der Waals surface area contributed by atoms with Crippen LogP contribution in [0.2, 0.25) is 0 Å². The Morgan fingerprint density at radius 2 is 2.15 bits per heavy atom. The van der Waals surface area contributed by atoms with E-state index >= 15 is 0 Å². The van der Waals surface area contributed by atoms with Crippen LogP contribution in [-0.2, 0) is 16.1 Å². The topological polar surface area (TPSA) is 77.7 Å². The van der Waals surface area contributed by atoms with Gasteiger partial charge in [-0.1, -0.05) is 18.2 Å². The summed E-state index contributed by atoms with van der Waals surface area (Å²) < 4.78 is 10.8. The number of carbonyl (C=O) groups excluding carboxylic acids is 1. The van der Waals surface area contributed by atoms with Crippen molar-refractivity contribution >= 4 is 5.91 Å². The number of carbonyl (C=O) groups is 1. The van der Waals surface area contributed by atoms with Gasteiger partial charge in [0.25, 0.3) is 0 Å². The number of ether oxygens (including phenoxy) is 2. The van der Waals surface area contributed by atoms with Crippen LogP contribution in [0.3, 0.4) is 0 Å². The Labute approximate surface area is 153 Å². The zero-order chi connectivity index (χ0) is 18.4. The van der Waals surface area contributed by atoms with Crippen molar-refractivity contribution in [1.82, 2.24) is 9.88 Å². The van der Waals surface area contributed by atoms with E-state index in [9.17, 15) is 4.79 Å². The molecule has 138 valence electrons. The maximum absolute atomic E-state index is 11.0. The van der Waals surface area contributed by atoms with Crippen LogP contribution in [0.15, 0.2) is 48.7 Å². The molecule has 0 aliphatic carbocycles. The molecule has 1 aliphatic rings. The van der Waals surface area contributed by atoms with Crippen LogP contribution in [0.5, 0.6) is 5.75 Å². The van der Waals surface area contributed by atoms with Gasteiger partial charge in [-0.25, -0.2) is 0 Å². The van der Waals surface area contributed by atoms with Crippen molar-refractivity contribution in [3.8, 4) is 5.75 Å². The fourth-order valence-electron chi connectivity index (χ4n) is 3.53. The number of amides is 1. The lowest BCUT2D eigenvalue weighted by Gasteiger charge is -2.17. The zero-order valence-electron chi connectivity index (χ0n) is 15.0. The minimum Gasteiger partial charge on any atom is -0.497 e. The number of aromatic nitrogens is 1. The number of hydrogen-bond donors (Lipinski definition) is 1. The van der Waals surface area contributed by atoms with E-state index in [0.717, 1.165) is 31.1 Å². The molecule has 1 aromatic heterocycles. The first-order valence-corrected chi connectivity index (χ1v) is 8.78. The highest BCUT2D eigenvalue weighted by Crippen LogP contribution is 2.33. The Morgan fingerprint density at radius 1 is 1.27 bits per heavy atom. The van der Waals surface area contributed by atoms with Crippen molar-refractivity contribution < 1.29 is 14.3 Å². The molecule has 0 bridgehead atoms. The average molecular weight is 355 g/mol. The second-order valence-electron chi connectivity index (χ2n) is 6.65. The molecule has 1 aromatic carbocycles. The minimum atomic E-state index is -0.439. The molecule has 1 fully saturated rings. The van der Waals surface area contributed by atoms with Crippen molar-refractivity contribution in [2.75, 3.05) is 33.4 Å². The molecular formula is C20H25N3O3.